The molecule has 0 saturated carbocycles. The van der Waals surface area contributed by atoms with Gasteiger partial charge in [-0.05, 0) is 43.2 Å². The van der Waals surface area contributed by atoms with E-state index in [-0.39, 0.29) is 22.4 Å². The molecule has 0 bridgehead atoms. The van der Waals surface area contributed by atoms with Crippen molar-refractivity contribution in [3.05, 3.63) is 65.7 Å². The van der Waals surface area contributed by atoms with E-state index in [1.807, 2.05) is 6.07 Å². The molecule has 0 radical (unpaired) electrons. The fourth-order valence-electron chi connectivity index (χ4n) is 3.15. The fraction of sp³-hybridized carbons (Fsp3) is 0.300. The van der Waals surface area contributed by atoms with Crippen molar-refractivity contribution in [2.45, 2.75) is 23.8 Å². The van der Waals surface area contributed by atoms with Gasteiger partial charge in [0.15, 0.2) is 0 Å². The summed E-state index contributed by atoms with van der Waals surface area (Å²) in [6.45, 7) is 0.592. The zero-order valence-corrected chi connectivity index (χ0v) is 16.3. The molecule has 0 spiro atoms. The number of amides is 1. The Morgan fingerprint density at radius 3 is 2.29 bits per heavy atom. The van der Waals surface area contributed by atoms with Crippen LogP contribution >= 0.6 is 0 Å². The highest BCUT2D eigenvalue weighted by atomic mass is 32.2. The molecule has 1 N–H and O–H groups in total. The van der Waals surface area contributed by atoms with Crippen LogP contribution in [-0.4, -0.2) is 50.8 Å². The molecule has 0 aliphatic carbocycles. The van der Waals surface area contributed by atoms with Crippen LogP contribution in [0.3, 0.4) is 0 Å². The maximum absolute atomic E-state index is 12.9. The summed E-state index contributed by atoms with van der Waals surface area (Å²) in [5.74, 6) is -0.743. The second kappa shape index (κ2) is 8.53. The van der Waals surface area contributed by atoms with E-state index in [2.05, 4.69) is 10.1 Å². The minimum Gasteiger partial charge on any atom is -0.465 e. The summed E-state index contributed by atoms with van der Waals surface area (Å²) in [5.41, 5.74) is 0.769. The highest BCUT2D eigenvalue weighted by Crippen LogP contribution is 2.22. The molecule has 1 aliphatic rings. The normalized spacial score (nSPS) is 15.8. The second-order valence-electron chi connectivity index (χ2n) is 6.54. The number of rotatable bonds is 5. The largest absolute Gasteiger partial charge is 0.465 e. The zero-order chi connectivity index (χ0) is 20.1. The number of nitrogens with zero attached hydrogens (tertiary/aromatic N) is 1. The van der Waals surface area contributed by atoms with E-state index in [1.54, 1.807) is 24.3 Å². The molecule has 1 fully saturated rings. The molecule has 3 rings (SSSR count). The van der Waals surface area contributed by atoms with Crippen LogP contribution in [0.2, 0.25) is 0 Å². The summed E-state index contributed by atoms with van der Waals surface area (Å²) in [6, 6.07) is 14.7. The van der Waals surface area contributed by atoms with Gasteiger partial charge < -0.3 is 10.1 Å². The number of esters is 1. The molecule has 0 aromatic heterocycles. The van der Waals surface area contributed by atoms with E-state index in [0.29, 0.717) is 31.5 Å². The van der Waals surface area contributed by atoms with Crippen LogP contribution < -0.4 is 5.32 Å². The summed E-state index contributed by atoms with van der Waals surface area (Å²) in [4.78, 5) is 24.0. The average molecular weight is 402 g/mol. The van der Waals surface area contributed by atoms with Crippen LogP contribution in [0.1, 0.15) is 33.6 Å². The van der Waals surface area contributed by atoms with Crippen molar-refractivity contribution in [1.82, 2.24) is 9.62 Å². The standard InChI is InChI=1S/C20H22N2O5S/c1-27-20(24)16-8-5-9-18(14-16)28(25,26)22-12-10-17(11-13-22)21-19(23)15-6-3-2-4-7-15/h2-9,14,17H,10-13H2,1H3,(H,21,23). The van der Waals surface area contributed by atoms with Gasteiger partial charge >= 0.3 is 5.97 Å². The third kappa shape index (κ3) is 4.40. The minimum atomic E-state index is -3.72. The van der Waals surface area contributed by atoms with E-state index < -0.39 is 16.0 Å². The number of ether oxygens (including phenoxy) is 1. The predicted octanol–water partition coefficient (Wildman–Crippen LogP) is 2.06. The lowest BCUT2D eigenvalue weighted by atomic mass is 10.1. The highest BCUT2D eigenvalue weighted by molar-refractivity contribution is 7.89. The van der Waals surface area contributed by atoms with Crippen LogP contribution in [0.25, 0.3) is 0 Å². The average Bonchev–Trinajstić information content (AvgIpc) is 2.74. The highest BCUT2D eigenvalue weighted by Gasteiger charge is 2.30. The number of carbonyl (C=O) groups is 2. The van der Waals surface area contributed by atoms with E-state index in [9.17, 15) is 18.0 Å². The van der Waals surface area contributed by atoms with Gasteiger partial charge in [-0.3, -0.25) is 4.79 Å². The summed E-state index contributed by atoms with van der Waals surface area (Å²) in [5, 5.41) is 2.96. The summed E-state index contributed by atoms with van der Waals surface area (Å²) in [7, 11) is -2.47. The van der Waals surface area contributed by atoms with Crippen molar-refractivity contribution in [3.8, 4) is 0 Å². The Morgan fingerprint density at radius 2 is 1.64 bits per heavy atom. The van der Waals surface area contributed by atoms with Crippen LogP contribution in [-0.2, 0) is 14.8 Å². The third-order valence-corrected chi connectivity index (χ3v) is 6.61. The molecule has 0 unspecified atom stereocenters. The molecule has 1 heterocycles. The van der Waals surface area contributed by atoms with E-state index in [1.165, 1.54) is 35.7 Å². The molecule has 2 aromatic carbocycles. The van der Waals surface area contributed by atoms with Crippen molar-refractivity contribution in [2.24, 2.45) is 0 Å². The molecule has 148 valence electrons. The summed E-state index contributed by atoms with van der Waals surface area (Å²) >= 11 is 0. The van der Waals surface area contributed by atoms with Crippen LogP contribution in [0.4, 0.5) is 0 Å². The first-order valence-electron chi connectivity index (χ1n) is 8.96. The molecular weight excluding hydrogens is 380 g/mol. The van der Waals surface area contributed by atoms with Gasteiger partial charge in [0.25, 0.3) is 5.91 Å². The van der Waals surface area contributed by atoms with E-state index in [4.69, 9.17) is 0 Å². The van der Waals surface area contributed by atoms with Gasteiger partial charge in [0.2, 0.25) is 10.0 Å². The first kappa shape index (κ1) is 20.0. The lowest BCUT2D eigenvalue weighted by Crippen LogP contribution is -2.46. The van der Waals surface area contributed by atoms with Crippen molar-refractivity contribution in [1.29, 1.82) is 0 Å². The van der Waals surface area contributed by atoms with Crippen molar-refractivity contribution in [3.63, 3.8) is 0 Å². The monoisotopic (exact) mass is 402 g/mol. The smallest absolute Gasteiger partial charge is 0.337 e. The predicted molar refractivity (Wildman–Crippen MR) is 103 cm³/mol. The van der Waals surface area contributed by atoms with Crippen LogP contribution in [0.5, 0.6) is 0 Å². The Kier molecular flexibility index (Phi) is 6.11. The topological polar surface area (TPSA) is 92.8 Å². The first-order chi connectivity index (χ1) is 13.4. The molecule has 1 amide bonds. The maximum Gasteiger partial charge on any atom is 0.337 e. The molecule has 8 heteroatoms. The number of sulfonamides is 1. The lowest BCUT2D eigenvalue weighted by molar-refractivity contribution is 0.0600. The number of carbonyl (C=O) groups excluding carboxylic acids is 2. The zero-order valence-electron chi connectivity index (χ0n) is 15.5. The van der Waals surface area contributed by atoms with Gasteiger partial charge in [0.1, 0.15) is 0 Å². The number of nitrogens with one attached hydrogen (secondary N) is 1. The van der Waals surface area contributed by atoms with E-state index >= 15 is 0 Å². The second-order valence-corrected chi connectivity index (χ2v) is 8.48. The van der Waals surface area contributed by atoms with Crippen molar-refractivity contribution in [2.75, 3.05) is 20.2 Å². The van der Waals surface area contributed by atoms with Gasteiger partial charge in [0.05, 0.1) is 17.6 Å². The van der Waals surface area contributed by atoms with Gasteiger partial charge in [-0.1, -0.05) is 24.3 Å². The summed E-state index contributed by atoms with van der Waals surface area (Å²) < 4.78 is 31.8. The van der Waals surface area contributed by atoms with Gasteiger partial charge in [0, 0.05) is 24.7 Å². The Labute approximate surface area is 164 Å². The molecule has 2 aromatic rings. The molecule has 1 saturated heterocycles. The van der Waals surface area contributed by atoms with Gasteiger partial charge in [-0.2, -0.15) is 4.31 Å². The summed E-state index contributed by atoms with van der Waals surface area (Å²) in [6.07, 6.45) is 1.04. The van der Waals surface area contributed by atoms with Gasteiger partial charge in [-0.15, -0.1) is 0 Å². The van der Waals surface area contributed by atoms with Crippen LogP contribution in [0.15, 0.2) is 59.5 Å². The molecule has 1 aliphatic heterocycles. The Morgan fingerprint density at radius 1 is 1.00 bits per heavy atom. The quantitative estimate of drug-likeness (QED) is 0.773. The number of hydrogen-bond acceptors (Lipinski definition) is 5. The number of methoxy groups -OCH3 is 1. The third-order valence-electron chi connectivity index (χ3n) is 4.72. The number of hydrogen-bond donors (Lipinski definition) is 1. The maximum atomic E-state index is 12.9. The Bertz CT molecular complexity index is 952. The Hall–Kier alpha value is -2.71. The molecule has 28 heavy (non-hydrogen) atoms. The molecule has 7 nitrogen and oxygen atoms in total. The number of piperidine rings is 1. The van der Waals surface area contributed by atoms with Gasteiger partial charge in [-0.25, -0.2) is 13.2 Å². The first-order valence-corrected chi connectivity index (χ1v) is 10.4. The van der Waals surface area contributed by atoms with E-state index in [0.717, 1.165) is 0 Å². The minimum absolute atomic E-state index is 0.0576. The lowest BCUT2D eigenvalue weighted by Gasteiger charge is -2.31. The molecular formula is C20H22N2O5S. The van der Waals surface area contributed by atoms with Crippen molar-refractivity contribution >= 4 is 21.9 Å². The molecule has 0 atom stereocenters. The van der Waals surface area contributed by atoms with Crippen molar-refractivity contribution < 1.29 is 22.7 Å². The fourth-order valence-corrected chi connectivity index (χ4v) is 4.67. The van der Waals surface area contributed by atoms with Crippen LogP contribution in [0, 0.1) is 0 Å². The number of benzene rings is 2. The Balaban J connectivity index is 1.64. The SMILES string of the molecule is COC(=O)c1cccc(S(=O)(=O)N2CCC(NC(=O)c3ccccc3)CC2)c1.